The molecule has 2 aromatic rings. The van der Waals surface area contributed by atoms with Gasteiger partial charge in [0.25, 0.3) is 0 Å². The minimum absolute atomic E-state index is 0.0150. The number of amidine groups is 1. The molecule has 0 fully saturated rings. The van der Waals surface area contributed by atoms with Crippen molar-refractivity contribution in [3.8, 4) is 0 Å². The van der Waals surface area contributed by atoms with Crippen molar-refractivity contribution in [2.75, 3.05) is 11.4 Å². The van der Waals surface area contributed by atoms with E-state index in [9.17, 15) is 15.0 Å². The number of carboxylic acid groups (broad SMARTS) is 1. The normalized spacial score (nSPS) is 15.7. The molecule has 1 aliphatic rings. The molecule has 26 heavy (non-hydrogen) atoms. The second kappa shape index (κ2) is 7.04. The first-order chi connectivity index (χ1) is 12.4. The molecule has 0 aromatic heterocycles. The highest BCUT2D eigenvalue weighted by Gasteiger charge is 2.30. The van der Waals surface area contributed by atoms with Crippen LogP contribution < -0.4 is 4.90 Å². The van der Waals surface area contributed by atoms with Crippen LogP contribution in [0.15, 0.2) is 60.4 Å². The van der Waals surface area contributed by atoms with Crippen LogP contribution in [0, 0.1) is 11.3 Å². The van der Waals surface area contributed by atoms with Crippen molar-refractivity contribution in [1.82, 2.24) is 0 Å². The number of rotatable bonds is 5. The summed E-state index contributed by atoms with van der Waals surface area (Å²) in [4.78, 5) is 13.2. The zero-order chi connectivity index (χ0) is 18.8. The first kappa shape index (κ1) is 17.7. The van der Waals surface area contributed by atoms with Crippen LogP contribution in [0.4, 0.5) is 5.69 Å². The SMILES string of the molecule is CC(C)C(C(=O)O)c1ccc(N2CC(O)=C(c3ccccc3)C2=N)cc1. The maximum atomic E-state index is 11.5. The van der Waals surface area contributed by atoms with E-state index in [1.165, 1.54) is 0 Å². The molecular weight excluding hydrogens is 328 g/mol. The van der Waals surface area contributed by atoms with Gasteiger partial charge in [0.05, 0.1) is 18.0 Å². The second-order valence-corrected chi connectivity index (χ2v) is 6.77. The minimum atomic E-state index is -0.840. The van der Waals surface area contributed by atoms with E-state index in [4.69, 9.17) is 5.41 Å². The zero-order valence-corrected chi connectivity index (χ0v) is 14.8. The fraction of sp³-hybridized carbons (Fsp3) is 0.238. The third-order valence-corrected chi connectivity index (χ3v) is 4.66. The molecule has 0 saturated carbocycles. The highest BCUT2D eigenvalue weighted by molar-refractivity contribution is 6.30. The van der Waals surface area contributed by atoms with Gasteiger partial charge >= 0.3 is 5.97 Å². The van der Waals surface area contributed by atoms with Crippen LogP contribution in [0.25, 0.3) is 5.57 Å². The van der Waals surface area contributed by atoms with E-state index >= 15 is 0 Å². The number of nitrogens with zero attached hydrogens (tertiary/aromatic N) is 1. The quantitative estimate of drug-likeness (QED) is 0.751. The number of carbonyl (C=O) groups is 1. The Morgan fingerprint density at radius 1 is 1.08 bits per heavy atom. The van der Waals surface area contributed by atoms with E-state index in [0.717, 1.165) is 16.8 Å². The smallest absolute Gasteiger partial charge is 0.311 e. The van der Waals surface area contributed by atoms with Crippen molar-refractivity contribution in [1.29, 1.82) is 5.41 Å². The van der Waals surface area contributed by atoms with E-state index in [0.29, 0.717) is 5.57 Å². The van der Waals surface area contributed by atoms with Crippen molar-refractivity contribution < 1.29 is 15.0 Å². The van der Waals surface area contributed by atoms with Crippen molar-refractivity contribution in [3.05, 3.63) is 71.5 Å². The van der Waals surface area contributed by atoms with Crippen LogP contribution >= 0.6 is 0 Å². The van der Waals surface area contributed by atoms with E-state index < -0.39 is 11.9 Å². The van der Waals surface area contributed by atoms with Gasteiger partial charge < -0.3 is 15.1 Å². The Morgan fingerprint density at radius 3 is 2.23 bits per heavy atom. The number of benzene rings is 2. The van der Waals surface area contributed by atoms with Crippen molar-refractivity contribution in [2.24, 2.45) is 5.92 Å². The van der Waals surface area contributed by atoms with E-state index in [1.54, 1.807) is 17.0 Å². The third-order valence-electron chi connectivity index (χ3n) is 4.66. The lowest BCUT2D eigenvalue weighted by Gasteiger charge is -2.21. The van der Waals surface area contributed by atoms with E-state index in [1.807, 2.05) is 56.3 Å². The molecule has 0 amide bonds. The number of hydrogen-bond acceptors (Lipinski definition) is 3. The molecule has 0 spiro atoms. The first-order valence-corrected chi connectivity index (χ1v) is 8.57. The molecule has 0 bridgehead atoms. The van der Waals surface area contributed by atoms with Gasteiger partial charge in [0.1, 0.15) is 11.6 Å². The van der Waals surface area contributed by atoms with Crippen LogP contribution in [0.2, 0.25) is 0 Å². The molecule has 1 aliphatic heterocycles. The van der Waals surface area contributed by atoms with Gasteiger partial charge in [-0.3, -0.25) is 10.2 Å². The van der Waals surface area contributed by atoms with Gasteiger partial charge in [0.15, 0.2) is 0 Å². The Morgan fingerprint density at radius 2 is 1.69 bits per heavy atom. The summed E-state index contributed by atoms with van der Waals surface area (Å²) >= 11 is 0. The van der Waals surface area contributed by atoms with Gasteiger partial charge in [-0.1, -0.05) is 56.3 Å². The molecule has 134 valence electrons. The predicted octanol–water partition coefficient (Wildman–Crippen LogP) is 4.28. The Balaban J connectivity index is 1.86. The minimum Gasteiger partial charge on any atom is -0.510 e. The van der Waals surface area contributed by atoms with Gasteiger partial charge in [0.2, 0.25) is 0 Å². The van der Waals surface area contributed by atoms with Crippen LogP contribution in [0.5, 0.6) is 0 Å². The highest BCUT2D eigenvalue weighted by Crippen LogP contribution is 2.32. The molecule has 3 rings (SSSR count). The summed E-state index contributed by atoms with van der Waals surface area (Å²) in [5, 5.41) is 28.2. The fourth-order valence-electron chi connectivity index (χ4n) is 3.38. The van der Waals surface area contributed by atoms with E-state index in [2.05, 4.69) is 0 Å². The molecular formula is C21H22N2O3. The lowest BCUT2D eigenvalue weighted by molar-refractivity contribution is -0.139. The highest BCUT2D eigenvalue weighted by atomic mass is 16.4. The number of aliphatic carboxylic acids is 1. The summed E-state index contributed by atoms with van der Waals surface area (Å²) in [5.74, 6) is -1.02. The van der Waals surface area contributed by atoms with Crippen molar-refractivity contribution in [2.45, 2.75) is 19.8 Å². The summed E-state index contributed by atoms with van der Waals surface area (Å²) in [5.41, 5.74) is 2.83. The largest absolute Gasteiger partial charge is 0.510 e. The number of aliphatic hydroxyl groups excluding tert-OH is 1. The van der Waals surface area contributed by atoms with Crippen molar-refractivity contribution in [3.63, 3.8) is 0 Å². The average Bonchev–Trinajstić information content (AvgIpc) is 2.90. The lowest BCUT2D eigenvalue weighted by atomic mass is 9.88. The number of anilines is 1. The topological polar surface area (TPSA) is 84.6 Å². The molecule has 0 aliphatic carbocycles. The second-order valence-electron chi connectivity index (χ2n) is 6.77. The number of nitrogens with one attached hydrogen (secondary N) is 1. The van der Waals surface area contributed by atoms with Crippen molar-refractivity contribution >= 4 is 23.1 Å². The van der Waals surface area contributed by atoms with E-state index in [-0.39, 0.29) is 24.1 Å². The fourth-order valence-corrected chi connectivity index (χ4v) is 3.38. The van der Waals surface area contributed by atoms with Gasteiger partial charge in [-0.2, -0.15) is 0 Å². The molecule has 0 radical (unpaired) electrons. The van der Waals surface area contributed by atoms with Crippen LogP contribution in [0.1, 0.15) is 30.9 Å². The molecule has 3 N–H and O–H groups in total. The summed E-state index contributed by atoms with van der Waals surface area (Å²) in [6.07, 6.45) is 0. The zero-order valence-electron chi connectivity index (χ0n) is 14.8. The predicted molar refractivity (Wildman–Crippen MR) is 103 cm³/mol. The van der Waals surface area contributed by atoms with Gasteiger partial charge in [-0.05, 0) is 29.2 Å². The lowest BCUT2D eigenvalue weighted by Crippen LogP contribution is -2.26. The third kappa shape index (κ3) is 3.20. The average molecular weight is 350 g/mol. The maximum Gasteiger partial charge on any atom is 0.311 e. The van der Waals surface area contributed by atoms with Crippen LogP contribution in [-0.2, 0) is 4.79 Å². The number of carboxylic acids is 1. The Bertz CT molecular complexity index is 855. The standard InChI is InChI=1S/C21H22N2O3/c1-13(2)18(21(25)26)15-8-10-16(11-9-15)23-12-17(24)19(20(23)22)14-6-4-3-5-7-14/h3-11,13,18,22,24H,12H2,1-2H3,(H,25,26). The van der Waals surface area contributed by atoms with Gasteiger partial charge in [-0.25, -0.2) is 0 Å². The molecule has 1 unspecified atom stereocenters. The summed E-state index contributed by atoms with van der Waals surface area (Å²) in [7, 11) is 0. The number of hydrogen-bond donors (Lipinski definition) is 3. The molecule has 0 saturated heterocycles. The number of aliphatic hydroxyl groups is 1. The molecule has 1 atom stereocenters. The molecule has 5 heteroatoms. The Hall–Kier alpha value is -3.08. The maximum absolute atomic E-state index is 11.5. The molecule has 1 heterocycles. The first-order valence-electron chi connectivity index (χ1n) is 8.57. The molecule has 5 nitrogen and oxygen atoms in total. The van der Waals surface area contributed by atoms with Gasteiger partial charge in [0, 0.05) is 5.69 Å². The molecule has 2 aromatic carbocycles. The van der Waals surface area contributed by atoms with Gasteiger partial charge in [-0.15, -0.1) is 0 Å². The summed E-state index contributed by atoms with van der Waals surface area (Å²) < 4.78 is 0. The Labute approximate surface area is 152 Å². The Kier molecular flexibility index (Phi) is 4.80. The summed E-state index contributed by atoms with van der Waals surface area (Å²) in [6, 6.07) is 16.6. The monoisotopic (exact) mass is 350 g/mol. The summed E-state index contributed by atoms with van der Waals surface area (Å²) in [6.45, 7) is 4.00. The van der Waals surface area contributed by atoms with Crippen LogP contribution in [-0.4, -0.2) is 28.6 Å². The van der Waals surface area contributed by atoms with Crippen LogP contribution in [0.3, 0.4) is 0 Å².